The lowest BCUT2D eigenvalue weighted by atomic mass is 10.0. The molecule has 0 spiro atoms. The minimum Gasteiger partial charge on any atom is -0.404 e. The number of aryl methyl sites for hydroxylation is 1. The van der Waals surface area contributed by atoms with Gasteiger partial charge in [-0.2, -0.15) is 0 Å². The highest BCUT2D eigenvalue weighted by Gasteiger charge is 2.41. The summed E-state index contributed by atoms with van der Waals surface area (Å²) in [5.74, 6) is 0. The summed E-state index contributed by atoms with van der Waals surface area (Å²) in [6.07, 6.45) is -3.63. The van der Waals surface area contributed by atoms with Crippen molar-refractivity contribution in [3.63, 3.8) is 0 Å². The number of rotatable bonds is 4. The Balaban J connectivity index is 3.08. The molecule has 1 atom stereocenters. The topological polar surface area (TPSA) is 9.23 Å². The summed E-state index contributed by atoms with van der Waals surface area (Å²) in [7, 11) is -2.22. The van der Waals surface area contributed by atoms with Crippen molar-refractivity contribution in [1.82, 2.24) is 0 Å². The van der Waals surface area contributed by atoms with Crippen molar-refractivity contribution in [3.8, 4) is 0 Å². The minimum atomic E-state index is -2.50. The zero-order chi connectivity index (χ0) is 14.8. The summed E-state index contributed by atoms with van der Waals surface area (Å²) in [6.45, 7) is 12.0. The maximum absolute atomic E-state index is 13.4. The fourth-order valence-electron chi connectivity index (χ4n) is 1.65. The maximum atomic E-state index is 13.4. The van der Waals surface area contributed by atoms with Crippen molar-refractivity contribution in [2.24, 2.45) is 0 Å². The molecule has 0 amide bonds. The molecule has 19 heavy (non-hydrogen) atoms. The van der Waals surface area contributed by atoms with Gasteiger partial charge in [0.15, 0.2) is 8.32 Å². The van der Waals surface area contributed by atoms with Gasteiger partial charge in [-0.1, -0.05) is 45.0 Å². The highest BCUT2D eigenvalue weighted by molar-refractivity contribution is 6.74. The van der Waals surface area contributed by atoms with Gasteiger partial charge in [-0.15, -0.1) is 0 Å². The Morgan fingerprint density at radius 3 is 2.05 bits per heavy atom. The molecule has 0 fully saturated rings. The quantitative estimate of drug-likeness (QED) is 0.680. The average Bonchev–Trinajstić information content (AvgIpc) is 2.25. The second-order valence-corrected chi connectivity index (χ2v) is 11.2. The maximum Gasteiger partial charge on any atom is 0.267 e. The van der Waals surface area contributed by atoms with Crippen molar-refractivity contribution in [2.75, 3.05) is 0 Å². The van der Waals surface area contributed by atoms with E-state index in [1.165, 1.54) is 0 Å². The largest absolute Gasteiger partial charge is 0.404 e. The van der Waals surface area contributed by atoms with Crippen LogP contribution in [-0.4, -0.2) is 14.7 Å². The van der Waals surface area contributed by atoms with Gasteiger partial charge in [0.25, 0.3) is 6.43 Å². The van der Waals surface area contributed by atoms with Crippen LogP contribution in [0.4, 0.5) is 8.78 Å². The van der Waals surface area contributed by atoms with Crippen LogP contribution in [-0.2, 0) is 4.43 Å². The van der Waals surface area contributed by atoms with Crippen LogP contribution in [0.2, 0.25) is 18.1 Å². The zero-order valence-corrected chi connectivity index (χ0v) is 13.6. The number of alkyl halides is 2. The van der Waals surface area contributed by atoms with E-state index in [0.717, 1.165) is 5.56 Å². The Kier molecular flexibility index (Phi) is 4.90. The highest BCUT2D eigenvalue weighted by Crippen LogP contribution is 2.41. The van der Waals surface area contributed by atoms with Crippen LogP contribution in [0.25, 0.3) is 0 Å². The molecule has 1 aromatic rings. The van der Waals surface area contributed by atoms with E-state index in [4.69, 9.17) is 4.43 Å². The summed E-state index contributed by atoms with van der Waals surface area (Å²) in [5, 5.41) is -0.0805. The molecule has 0 saturated carbocycles. The molecule has 108 valence electrons. The summed E-state index contributed by atoms with van der Waals surface area (Å²) < 4.78 is 32.7. The lowest BCUT2D eigenvalue weighted by Crippen LogP contribution is -2.43. The molecular weight excluding hydrogens is 262 g/mol. The van der Waals surface area contributed by atoms with Gasteiger partial charge in [-0.3, -0.25) is 0 Å². The number of hydrogen-bond donors (Lipinski definition) is 0. The van der Waals surface area contributed by atoms with E-state index in [-0.39, 0.29) is 5.04 Å². The van der Waals surface area contributed by atoms with E-state index < -0.39 is 20.8 Å². The second kappa shape index (κ2) is 5.71. The van der Waals surface area contributed by atoms with Gasteiger partial charge >= 0.3 is 0 Å². The van der Waals surface area contributed by atoms with Gasteiger partial charge in [0.2, 0.25) is 0 Å². The van der Waals surface area contributed by atoms with Gasteiger partial charge in [0.1, 0.15) is 6.10 Å². The molecule has 4 heteroatoms. The molecule has 0 heterocycles. The van der Waals surface area contributed by atoms with Gasteiger partial charge in [-0.05, 0) is 36.2 Å². The predicted molar refractivity (Wildman–Crippen MR) is 78.2 cm³/mol. The van der Waals surface area contributed by atoms with Gasteiger partial charge in [0, 0.05) is 0 Å². The Labute approximate surface area is 116 Å². The fourth-order valence-corrected chi connectivity index (χ4v) is 2.87. The van der Waals surface area contributed by atoms with E-state index in [2.05, 4.69) is 20.8 Å². The summed E-state index contributed by atoms with van der Waals surface area (Å²) >= 11 is 0. The zero-order valence-electron chi connectivity index (χ0n) is 12.6. The standard InChI is InChI=1S/C15H24F2OSi/c1-11-9-7-8-10-12(11)13(14(16)17)18-19(5,6)15(2,3)4/h7-10,13-14H,1-6H3. The monoisotopic (exact) mass is 286 g/mol. The third-order valence-corrected chi connectivity index (χ3v) is 8.41. The van der Waals surface area contributed by atoms with Crippen LogP contribution in [0.1, 0.15) is 38.0 Å². The second-order valence-electron chi connectivity index (χ2n) is 6.49. The lowest BCUT2D eigenvalue weighted by molar-refractivity contribution is 0.00187. The van der Waals surface area contributed by atoms with Crippen LogP contribution in [0, 0.1) is 6.92 Å². The first-order chi connectivity index (χ1) is 8.56. The molecule has 0 radical (unpaired) electrons. The molecule has 1 nitrogen and oxygen atoms in total. The Morgan fingerprint density at radius 1 is 1.11 bits per heavy atom. The van der Waals surface area contributed by atoms with Crippen molar-refractivity contribution >= 4 is 8.32 Å². The van der Waals surface area contributed by atoms with E-state index in [1.807, 2.05) is 32.2 Å². The molecule has 0 aliphatic carbocycles. The molecule has 1 rings (SSSR count). The van der Waals surface area contributed by atoms with Crippen LogP contribution in [0.3, 0.4) is 0 Å². The molecule has 1 unspecified atom stereocenters. The first-order valence-electron chi connectivity index (χ1n) is 6.58. The lowest BCUT2D eigenvalue weighted by Gasteiger charge is -2.39. The van der Waals surface area contributed by atoms with Crippen LogP contribution < -0.4 is 0 Å². The van der Waals surface area contributed by atoms with Gasteiger partial charge in [0.05, 0.1) is 0 Å². The molecule has 0 N–H and O–H groups in total. The fraction of sp³-hybridized carbons (Fsp3) is 0.600. The van der Waals surface area contributed by atoms with Crippen molar-refractivity contribution in [1.29, 1.82) is 0 Å². The molecular formula is C15H24F2OSi. The minimum absolute atomic E-state index is 0.0805. The first-order valence-corrected chi connectivity index (χ1v) is 9.48. The van der Waals surface area contributed by atoms with Crippen molar-refractivity contribution < 1.29 is 13.2 Å². The molecule has 0 bridgehead atoms. The molecule has 0 aromatic heterocycles. The van der Waals surface area contributed by atoms with Crippen molar-refractivity contribution in [2.45, 2.75) is 58.4 Å². The van der Waals surface area contributed by atoms with E-state index in [1.54, 1.807) is 12.1 Å². The number of benzene rings is 1. The van der Waals surface area contributed by atoms with Crippen LogP contribution in [0.15, 0.2) is 24.3 Å². The summed E-state index contributed by atoms with van der Waals surface area (Å²) in [6, 6.07) is 7.22. The average molecular weight is 286 g/mol. The van der Waals surface area contributed by atoms with E-state index >= 15 is 0 Å². The summed E-state index contributed by atoms with van der Waals surface area (Å²) in [5.41, 5.74) is 1.45. The third kappa shape index (κ3) is 3.86. The molecule has 1 aromatic carbocycles. The smallest absolute Gasteiger partial charge is 0.267 e. The molecule has 0 aliphatic rings. The van der Waals surface area contributed by atoms with E-state index in [9.17, 15) is 8.78 Å². The van der Waals surface area contributed by atoms with Crippen LogP contribution >= 0.6 is 0 Å². The van der Waals surface area contributed by atoms with Crippen molar-refractivity contribution in [3.05, 3.63) is 35.4 Å². The Bertz CT molecular complexity index is 424. The SMILES string of the molecule is Cc1ccccc1C(O[Si](C)(C)C(C)(C)C)C(F)F. The molecule has 0 saturated heterocycles. The summed E-state index contributed by atoms with van der Waals surface area (Å²) in [4.78, 5) is 0. The molecule has 0 aliphatic heterocycles. The van der Waals surface area contributed by atoms with Gasteiger partial charge in [-0.25, -0.2) is 8.78 Å². The highest BCUT2D eigenvalue weighted by atomic mass is 28.4. The number of hydrogen-bond acceptors (Lipinski definition) is 1. The number of halogens is 2. The third-order valence-electron chi connectivity index (χ3n) is 3.95. The van der Waals surface area contributed by atoms with E-state index in [0.29, 0.717) is 5.56 Å². The Hall–Kier alpha value is -0.743. The van der Waals surface area contributed by atoms with Crippen LogP contribution in [0.5, 0.6) is 0 Å². The predicted octanol–water partition coefficient (Wildman–Crippen LogP) is 5.32. The normalized spacial score (nSPS) is 14.8. The van der Waals surface area contributed by atoms with Gasteiger partial charge < -0.3 is 4.43 Å². The first kappa shape index (κ1) is 16.3. The Morgan fingerprint density at radius 2 is 1.63 bits per heavy atom.